The Hall–Kier alpha value is -2.56. The summed E-state index contributed by atoms with van der Waals surface area (Å²) in [6, 6.07) is 11.7. The van der Waals surface area contributed by atoms with E-state index in [0.29, 0.717) is 36.8 Å². The van der Waals surface area contributed by atoms with Crippen molar-refractivity contribution in [2.24, 2.45) is 0 Å². The van der Waals surface area contributed by atoms with Crippen molar-refractivity contribution in [1.29, 1.82) is 0 Å². The second kappa shape index (κ2) is 6.15. The van der Waals surface area contributed by atoms with Gasteiger partial charge in [0.05, 0.1) is 6.04 Å². The van der Waals surface area contributed by atoms with E-state index < -0.39 is 0 Å². The quantitative estimate of drug-likeness (QED) is 0.846. The Bertz CT molecular complexity index is 760. The lowest BCUT2D eigenvalue weighted by Crippen LogP contribution is -2.30. The van der Waals surface area contributed by atoms with Gasteiger partial charge in [0, 0.05) is 12.1 Å². The molecule has 0 radical (unpaired) electrons. The van der Waals surface area contributed by atoms with Gasteiger partial charge in [0.25, 0.3) is 5.91 Å². The van der Waals surface area contributed by atoms with Gasteiger partial charge >= 0.3 is 0 Å². The highest BCUT2D eigenvalue weighted by atomic mass is 19.1. The standard InChI is InChI=1S/C19H18FNO3/c20-15-6-3-13(4-7-15)16-2-1-9-21(16)19(22)14-5-8-17-18(12-14)24-11-10-23-17/h3-8,12,16H,1-2,9-11H2. The summed E-state index contributed by atoms with van der Waals surface area (Å²) in [4.78, 5) is 14.8. The molecule has 0 spiro atoms. The number of fused-ring (bicyclic) bond motifs is 1. The van der Waals surface area contributed by atoms with Gasteiger partial charge < -0.3 is 14.4 Å². The van der Waals surface area contributed by atoms with Crippen LogP contribution in [0.15, 0.2) is 42.5 Å². The number of likely N-dealkylation sites (tertiary alicyclic amines) is 1. The first-order valence-corrected chi connectivity index (χ1v) is 8.18. The molecule has 2 aromatic rings. The lowest BCUT2D eigenvalue weighted by molar-refractivity contribution is 0.0734. The zero-order chi connectivity index (χ0) is 16.5. The zero-order valence-electron chi connectivity index (χ0n) is 13.2. The van der Waals surface area contributed by atoms with Crippen molar-refractivity contribution in [3.8, 4) is 11.5 Å². The van der Waals surface area contributed by atoms with Crippen molar-refractivity contribution in [3.63, 3.8) is 0 Å². The predicted molar refractivity (Wildman–Crippen MR) is 86.8 cm³/mol. The summed E-state index contributed by atoms with van der Waals surface area (Å²) in [5.41, 5.74) is 1.56. The molecule has 1 amide bonds. The Labute approximate surface area is 139 Å². The predicted octanol–water partition coefficient (Wildman–Crippen LogP) is 3.57. The van der Waals surface area contributed by atoms with Crippen molar-refractivity contribution in [3.05, 3.63) is 59.4 Å². The molecule has 0 N–H and O–H groups in total. The summed E-state index contributed by atoms with van der Waals surface area (Å²) >= 11 is 0. The molecule has 124 valence electrons. The molecule has 24 heavy (non-hydrogen) atoms. The van der Waals surface area contributed by atoms with Crippen molar-refractivity contribution < 1.29 is 18.7 Å². The third-order valence-corrected chi connectivity index (χ3v) is 4.56. The van der Waals surface area contributed by atoms with Gasteiger partial charge in [0.2, 0.25) is 0 Å². The van der Waals surface area contributed by atoms with Crippen LogP contribution >= 0.6 is 0 Å². The third-order valence-electron chi connectivity index (χ3n) is 4.56. The van der Waals surface area contributed by atoms with Gasteiger partial charge in [-0.25, -0.2) is 4.39 Å². The van der Waals surface area contributed by atoms with Crippen LogP contribution in [0.5, 0.6) is 11.5 Å². The maximum atomic E-state index is 13.1. The van der Waals surface area contributed by atoms with Crippen LogP contribution in [0.1, 0.15) is 34.8 Å². The van der Waals surface area contributed by atoms with E-state index in [4.69, 9.17) is 9.47 Å². The summed E-state index contributed by atoms with van der Waals surface area (Å²) < 4.78 is 24.2. The van der Waals surface area contributed by atoms with Gasteiger partial charge in [-0.1, -0.05) is 12.1 Å². The van der Waals surface area contributed by atoms with E-state index >= 15 is 0 Å². The molecule has 1 saturated heterocycles. The number of ether oxygens (including phenoxy) is 2. The Balaban J connectivity index is 1.60. The third kappa shape index (κ3) is 2.70. The topological polar surface area (TPSA) is 38.8 Å². The first-order valence-electron chi connectivity index (χ1n) is 8.18. The summed E-state index contributed by atoms with van der Waals surface area (Å²) in [6.45, 7) is 1.72. The summed E-state index contributed by atoms with van der Waals surface area (Å²) in [5, 5.41) is 0. The molecule has 0 bridgehead atoms. The van der Waals surface area contributed by atoms with E-state index in [2.05, 4.69) is 0 Å². The number of carbonyl (C=O) groups is 1. The fourth-order valence-electron chi connectivity index (χ4n) is 3.38. The number of halogens is 1. The van der Waals surface area contributed by atoms with Crippen molar-refractivity contribution in [2.75, 3.05) is 19.8 Å². The van der Waals surface area contributed by atoms with E-state index in [9.17, 15) is 9.18 Å². The Morgan fingerprint density at radius 1 is 1.04 bits per heavy atom. The van der Waals surface area contributed by atoms with Gasteiger partial charge in [-0.3, -0.25) is 4.79 Å². The second-order valence-electron chi connectivity index (χ2n) is 6.07. The van der Waals surface area contributed by atoms with E-state index in [1.807, 2.05) is 4.90 Å². The first-order chi connectivity index (χ1) is 11.7. The van der Waals surface area contributed by atoms with Crippen LogP contribution in [0.3, 0.4) is 0 Å². The van der Waals surface area contributed by atoms with Crippen LogP contribution < -0.4 is 9.47 Å². The minimum atomic E-state index is -0.263. The van der Waals surface area contributed by atoms with Gasteiger partial charge in [0.15, 0.2) is 11.5 Å². The van der Waals surface area contributed by atoms with Crippen molar-refractivity contribution >= 4 is 5.91 Å². The molecule has 4 nitrogen and oxygen atoms in total. The molecular formula is C19H18FNO3. The minimum absolute atomic E-state index is 0.00805. The number of amides is 1. The molecule has 1 fully saturated rings. The highest BCUT2D eigenvalue weighted by molar-refractivity contribution is 5.95. The van der Waals surface area contributed by atoms with Crippen LogP contribution in [0, 0.1) is 5.82 Å². The average molecular weight is 327 g/mol. The lowest BCUT2D eigenvalue weighted by Gasteiger charge is -2.26. The van der Waals surface area contributed by atoms with Gasteiger partial charge in [-0.2, -0.15) is 0 Å². The summed E-state index contributed by atoms with van der Waals surface area (Å²) in [6.07, 6.45) is 1.83. The minimum Gasteiger partial charge on any atom is -0.486 e. The van der Waals surface area contributed by atoms with Crippen molar-refractivity contribution in [2.45, 2.75) is 18.9 Å². The maximum absolute atomic E-state index is 13.1. The molecule has 0 aliphatic carbocycles. The molecule has 0 aromatic heterocycles. The molecule has 2 aromatic carbocycles. The first kappa shape index (κ1) is 15.0. The Morgan fingerprint density at radius 3 is 2.58 bits per heavy atom. The van der Waals surface area contributed by atoms with E-state index in [1.165, 1.54) is 12.1 Å². The van der Waals surface area contributed by atoms with E-state index in [1.54, 1.807) is 30.3 Å². The molecule has 5 heteroatoms. The molecule has 2 aliphatic heterocycles. The highest BCUT2D eigenvalue weighted by Crippen LogP contribution is 2.35. The van der Waals surface area contributed by atoms with E-state index in [-0.39, 0.29) is 17.8 Å². The number of benzene rings is 2. The molecule has 1 atom stereocenters. The molecule has 0 saturated carbocycles. The number of nitrogens with zero attached hydrogens (tertiary/aromatic N) is 1. The molecular weight excluding hydrogens is 309 g/mol. The summed E-state index contributed by atoms with van der Waals surface area (Å²) in [5.74, 6) is 0.999. The molecule has 2 aliphatic rings. The van der Waals surface area contributed by atoms with Gasteiger partial charge in [-0.15, -0.1) is 0 Å². The lowest BCUT2D eigenvalue weighted by atomic mass is 10.0. The normalized spacial score (nSPS) is 19.4. The SMILES string of the molecule is O=C(c1ccc2c(c1)OCCO2)N1CCCC1c1ccc(F)cc1. The van der Waals surface area contributed by atoms with Crippen LogP contribution in [-0.2, 0) is 0 Å². The second-order valence-corrected chi connectivity index (χ2v) is 6.07. The van der Waals surface area contributed by atoms with Crippen LogP contribution in [0.25, 0.3) is 0 Å². The highest BCUT2D eigenvalue weighted by Gasteiger charge is 2.31. The molecule has 1 unspecified atom stereocenters. The van der Waals surface area contributed by atoms with Gasteiger partial charge in [-0.05, 0) is 48.7 Å². The fraction of sp³-hybridized carbons (Fsp3) is 0.316. The number of hydrogen-bond donors (Lipinski definition) is 0. The smallest absolute Gasteiger partial charge is 0.254 e. The molecule has 4 rings (SSSR count). The fourth-order valence-corrected chi connectivity index (χ4v) is 3.38. The average Bonchev–Trinajstić information content (AvgIpc) is 3.11. The summed E-state index contributed by atoms with van der Waals surface area (Å²) in [7, 11) is 0. The zero-order valence-corrected chi connectivity index (χ0v) is 13.2. The number of rotatable bonds is 2. The van der Waals surface area contributed by atoms with Crippen LogP contribution in [0.4, 0.5) is 4.39 Å². The largest absolute Gasteiger partial charge is 0.486 e. The van der Waals surface area contributed by atoms with Crippen LogP contribution in [-0.4, -0.2) is 30.6 Å². The van der Waals surface area contributed by atoms with Crippen LogP contribution in [0.2, 0.25) is 0 Å². The Kier molecular flexibility index (Phi) is 3.84. The molecule has 2 heterocycles. The Morgan fingerprint density at radius 2 is 1.79 bits per heavy atom. The van der Waals surface area contributed by atoms with E-state index in [0.717, 1.165) is 18.4 Å². The number of carbonyl (C=O) groups excluding carboxylic acids is 1. The monoisotopic (exact) mass is 327 g/mol. The van der Waals surface area contributed by atoms with Gasteiger partial charge in [0.1, 0.15) is 19.0 Å². The maximum Gasteiger partial charge on any atom is 0.254 e. The van der Waals surface area contributed by atoms with Crippen molar-refractivity contribution in [1.82, 2.24) is 4.90 Å². The number of hydrogen-bond acceptors (Lipinski definition) is 3.